The van der Waals surface area contributed by atoms with Gasteiger partial charge in [0, 0.05) is 12.3 Å². The van der Waals surface area contributed by atoms with Crippen LogP contribution in [0.25, 0.3) is 0 Å². The molecule has 0 aliphatic rings. The molecule has 0 aliphatic carbocycles. The Bertz CT molecular complexity index is 531. The minimum absolute atomic E-state index is 0.444. The molecule has 4 heteroatoms. The summed E-state index contributed by atoms with van der Waals surface area (Å²) >= 11 is 5.70. The second-order valence-corrected chi connectivity index (χ2v) is 3.49. The Balaban J connectivity index is 2.21. The third-order valence-corrected chi connectivity index (χ3v) is 2.11. The molecule has 0 radical (unpaired) electrons. The molecule has 0 amide bonds. The van der Waals surface area contributed by atoms with Crippen molar-refractivity contribution in [3.63, 3.8) is 0 Å². The topological polar surface area (TPSA) is 45.9 Å². The summed E-state index contributed by atoms with van der Waals surface area (Å²) in [7, 11) is 0. The Labute approximate surface area is 97.9 Å². The third-order valence-electron chi connectivity index (χ3n) is 1.89. The smallest absolute Gasteiger partial charge is 0.219 e. The van der Waals surface area contributed by atoms with Gasteiger partial charge >= 0.3 is 0 Å². The monoisotopic (exact) mass is 230 g/mol. The summed E-state index contributed by atoms with van der Waals surface area (Å²) in [5, 5.41) is 9.28. The van der Waals surface area contributed by atoms with Crippen molar-refractivity contribution in [2.45, 2.75) is 0 Å². The van der Waals surface area contributed by atoms with E-state index in [4.69, 9.17) is 21.6 Å². The molecule has 0 unspecified atom stereocenters. The Hall–Kier alpha value is -2.05. The maximum absolute atomic E-state index is 8.73. The van der Waals surface area contributed by atoms with Crippen LogP contribution in [0.2, 0.25) is 5.02 Å². The normalized spacial score (nSPS) is 9.50. The van der Waals surface area contributed by atoms with Crippen molar-refractivity contribution >= 4 is 11.6 Å². The SMILES string of the molecule is N#Cc1cccc(Oc2ccc(Cl)cn2)c1. The van der Waals surface area contributed by atoms with Gasteiger partial charge in [-0.15, -0.1) is 0 Å². The number of hydrogen-bond acceptors (Lipinski definition) is 3. The molecular weight excluding hydrogens is 224 g/mol. The van der Waals surface area contributed by atoms with Crippen molar-refractivity contribution in [3.05, 3.63) is 53.2 Å². The van der Waals surface area contributed by atoms with Crippen LogP contribution in [0, 0.1) is 11.3 Å². The first-order valence-corrected chi connectivity index (χ1v) is 4.95. The van der Waals surface area contributed by atoms with Gasteiger partial charge in [0.1, 0.15) is 5.75 Å². The van der Waals surface area contributed by atoms with Crippen molar-refractivity contribution in [1.29, 1.82) is 5.26 Å². The second kappa shape index (κ2) is 4.65. The molecule has 0 fully saturated rings. The summed E-state index contributed by atoms with van der Waals surface area (Å²) in [6, 6.07) is 12.3. The zero-order chi connectivity index (χ0) is 11.4. The average molecular weight is 231 g/mol. The highest BCUT2D eigenvalue weighted by Gasteiger charge is 1.99. The predicted molar refractivity (Wildman–Crippen MR) is 60.5 cm³/mol. The lowest BCUT2D eigenvalue weighted by molar-refractivity contribution is 0.463. The van der Waals surface area contributed by atoms with Crippen LogP contribution in [0.15, 0.2) is 42.6 Å². The Kier molecular flexibility index (Phi) is 3.04. The molecule has 78 valence electrons. The number of aromatic nitrogens is 1. The van der Waals surface area contributed by atoms with Crippen molar-refractivity contribution in [1.82, 2.24) is 4.98 Å². The fourth-order valence-electron chi connectivity index (χ4n) is 1.17. The molecule has 1 heterocycles. The molecule has 1 aromatic carbocycles. The summed E-state index contributed by atoms with van der Waals surface area (Å²) < 4.78 is 5.45. The molecule has 0 bridgehead atoms. The fourth-order valence-corrected chi connectivity index (χ4v) is 1.28. The molecule has 2 aromatic rings. The van der Waals surface area contributed by atoms with Crippen LogP contribution in [0.4, 0.5) is 0 Å². The maximum Gasteiger partial charge on any atom is 0.219 e. The van der Waals surface area contributed by atoms with Crippen LogP contribution < -0.4 is 4.74 Å². The number of ether oxygens (including phenoxy) is 1. The summed E-state index contributed by atoms with van der Waals surface area (Å²) in [5.74, 6) is 1.02. The van der Waals surface area contributed by atoms with Crippen molar-refractivity contribution in [3.8, 4) is 17.7 Å². The zero-order valence-electron chi connectivity index (χ0n) is 8.22. The molecule has 0 N–H and O–H groups in total. The lowest BCUT2D eigenvalue weighted by atomic mass is 10.2. The van der Waals surface area contributed by atoms with Crippen LogP contribution in [-0.2, 0) is 0 Å². The van der Waals surface area contributed by atoms with Crippen molar-refractivity contribution in [2.75, 3.05) is 0 Å². The Morgan fingerprint density at radius 2 is 2.12 bits per heavy atom. The van der Waals surface area contributed by atoms with E-state index in [0.717, 1.165) is 0 Å². The van der Waals surface area contributed by atoms with E-state index in [-0.39, 0.29) is 0 Å². The minimum Gasteiger partial charge on any atom is -0.439 e. The number of rotatable bonds is 2. The highest BCUT2D eigenvalue weighted by atomic mass is 35.5. The fraction of sp³-hybridized carbons (Fsp3) is 0. The number of benzene rings is 1. The highest BCUT2D eigenvalue weighted by Crippen LogP contribution is 2.21. The molecule has 0 aliphatic heterocycles. The molecule has 0 spiro atoms. The molecule has 16 heavy (non-hydrogen) atoms. The van der Waals surface area contributed by atoms with Gasteiger partial charge in [0.2, 0.25) is 5.88 Å². The van der Waals surface area contributed by atoms with E-state index in [0.29, 0.717) is 22.2 Å². The third kappa shape index (κ3) is 2.50. The number of pyridine rings is 1. The number of hydrogen-bond donors (Lipinski definition) is 0. The lowest BCUT2D eigenvalue weighted by Crippen LogP contribution is -1.87. The van der Waals surface area contributed by atoms with Gasteiger partial charge in [0.15, 0.2) is 0 Å². The van der Waals surface area contributed by atoms with Gasteiger partial charge in [-0.25, -0.2) is 4.98 Å². The summed E-state index contributed by atoms with van der Waals surface area (Å²) in [4.78, 5) is 3.99. The van der Waals surface area contributed by atoms with Crippen LogP contribution in [0.3, 0.4) is 0 Å². The van der Waals surface area contributed by atoms with Gasteiger partial charge in [-0.05, 0) is 24.3 Å². The van der Waals surface area contributed by atoms with Gasteiger partial charge in [-0.2, -0.15) is 5.26 Å². The lowest BCUT2D eigenvalue weighted by Gasteiger charge is -2.04. The van der Waals surface area contributed by atoms with E-state index in [9.17, 15) is 0 Å². The molecule has 0 atom stereocenters. The van der Waals surface area contributed by atoms with Crippen LogP contribution in [0.1, 0.15) is 5.56 Å². The van der Waals surface area contributed by atoms with Gasteiger partial charge < -0.3 is 4.74 Å². The first kappa shape index (κ1) is 10.5. The summed E-state index contributed by atoms with van der Waals surface area (Å²) in [6.45, 7) is 0. The van der Waals surface area contributed by atoms with E-state index in [2.05, 4.69) is 4.98 Å². The molecule has 1 aromatic heterocycles. The van der Waals surface area contributed by atoms with Gasteiger partial charge in [0.05, 0.1) is 16.7 Å². The highest BCUT2D eigenvalue weighted by molar-refractivity contribution is 6.30. The van der Waals surface area contributed by atoms with E-state index in [1.165, 1.54) is 6.20 Å². The predicted octanol–water partition coefficient (Wildman–Crippen LogP) is 3.40. The number of nitrogens with zero attached hydrogens (tertiary/aromatic N) is 2. The van der Waals surface area contributed by atoms with E-state index in [1.54, 1.807) is 36.4 Å². The van der Waals surface area contributed by atoms with E-state index < -0.39 is 0 Å². The van der Waals surface area contributed by atoms with Crippen LogP contribution in [0.5, 0.6) is 11.6 Å². The van der Waals surface area contributed by atoms with Crippen molar-refractivity contribution in [2.24, 2.45) is 0 Å². The summed E-state index contributed by atoms with van der Waals surface area (Å²) in [5.41, 5.74) is 0.548. The van der Waals surface area contributed by atoms with Gasteiger partial charge in [0.25, 0.3) is 0 Å². The number of nitriles is 1. The second-order valence-electron chi connectivity index (χ2n) is 3.06. The quantitative estimate of drug-likeness (QED) is 0.794. The molecule has 0 saturated heterocycles. The first-order valence-electron chi connectivity index (χ1n) is 4.57. The van der Waals surface area contributed by atoms with E-state index in [1.807, 2.05) is 6.07 Å². The van der Waals surface area contributed by atoms with E-state index >= 15 is 0 Å². The van der Waals surface area contributed by atoms with Gasteiger partial charge in [-0.3, -0.25) is 0 Å². The molecular formula is C12H7ClN2O. The largest absolute Gasteiger partial charge is 0.439 e. The van der Waals surface area contributed by atoms with Gasteiger partial charge in [-0.1, -0.05) is 17.7 Å². The number of halogens is 1. The Morgan fingerprint density at radius 1 is 1.25 bits per heavy atom. The molecule has 2 rings (SSSR count). The van der Waals surface area contributed by atoms with Crippen LogP contribution in [-0.4, -0.2) is 4.98 Å². The standard InChI is InChI=1S/C12H7ClN2O/c13-10-4-5-12(15-8-10)16-11-3-1-2-9(6-11)7-14/h1-6,8H. The first-order chi connectivity index (χ1) is 7.78. The minimum atomic E-state index is 0.444. The molecule has 3 nitrogen and oxygen atoms in total. The average Bonchev–Trinajstić information content (AvgIpc) is 2.32. The Morgan fingerprint density at radius 3 is 2.81 bits per heavy atom. The molecule has 0 saturated carbocycles. The van der Waals surface area contributed by atoms with Crippen LogP contribution >= 0.6 is 11.6 Å². The zero-order valence-corrected chi connectivity index (χ0v) is 8.98. The summed E-state index contributed by atoms with van der Waals surface area (Å²) in [6.07, 6.45) is 1.50. The maximum atomic E-state index is 8.73. The van der Waals surface area contributed by atoms with Crippen molar-refractivity contribution < 1.29 is 4.74 Å².